The Hall–Kier alpha value is -1.89. The molecule has 2 rings (SSSR count). The van der Waals surface area contributed by atoms with Gasteiger partial charge in [0.05, 0.1) is 0 Å². The predicted molar refractivity (Wildman–Crippen MR) is 127 cm³/mol. The summed E-state index contributed by atoms with van der Waals surface area (Å²) in [6.45, 7) is 21.4. The smallest absolute Gasteiger partial charge is 0.130 e. The van der Waals surface area contributed by atoms with Crippen LogP contribution >= 0.6 is 0 Å². The number of hydrogen-bond donors (Lipinski definition) is 0. The van der Waals surface area contributed by atoms with Crippen molar-refractivity contribution in [3.8, 4) is 0 Å². The first-order chi connectivity index (χ1) is 13.1. The highest BCUT2D eigenvalue weighted by Crippen LogP contribution is 2.36. The van der Waals surface area contributed by atoms with Crippen molar-refractivity contribution >= 4 is 11.6 Å². The van der Waals surface area contributed by atoms with E-state index in [9.17, 15) is 4.39 Å². The molecule has 1 heteroatoms. The molecule has 0 nitrogen and oxygen atoms in total. The van der Waals surface area contributed by atoms with Crippen LogP contribution in [0.25, 0.3) is 11.6 Å². The Morgan fingerprint density at radius 3 is 1.62 bits per heavy atom. The summed E-state index contributed by atoms with van der Waals surface area (Å²) in [7, 11) is 0. The highest BCUT2D eigenvalue weighted by atomic mass is 19.1. The first kappa shape index (κ1) is 23.4. The lowest BCUT2D eigenvalue weighted by Crippen LogP contribution is -2.20. The number of allylic oxidation sites excluding steroid dienone is 1. The van der Waals surface area contributed by atoms with Gasteiger partial charge in [-0.25, -0.2) is 4.39 Å². The van der Waals surface area contributed by atoms with Crippen LogP contribution in [0, 0.1) is 6.92 Å². The van der Waals surface area contributed by atoms with Gasteiger partial charge in [-0.1, -0.05) is 90.9 Å². The molecule has 0 fully saturated rings. The molecule has 0 saturated carbocycles. The van der Waals surface area contributed by atoms with E-state index >= 15 is 0 Å². The maximum absolute atomic E-state index is 14.2. The molecule has 0 heterocycles. The van der Waals surface area contributed by atoms with E-state index in [0.29, 0.717) is 0 Å². The summed E-state index contributed by atoms with van der Waals surface area (Å²) in [5.74, 6) is 0. The average molecular weight is 395 g/mol. The molecule has 0 N–H and O–H groups in total. The third-order valence-corrected chi connectivity index (χ3v) is 5.71. The molecule has 0 amide bonds. The molecule has 29 heavy (non-hydrogen) atoms. The number of rotatable bonds is 4. The van der Waals surface area contributed by atoms with Gasteiger partial charge in [0, 0.05) is 0 Å². The maximum Gasteiger partial charge on any atom is 0.130 e. The van der Waals surface area contributed by atoms with Crippen LogP contribution in [0.3, 0.4) is 0 Å². The fraction of sp³-hybridized carbons (Fsp3) is 0.500. The zero-order chi connectivity index (χ0) is 22.2. The number of hydrogen-bond acceptors (Lipinski definition) is 0. The van der Waals surface area contributed by atoms with Crippen LogP contribution in [0.5, 0.6) is 0 Å². The third-order valence-electron chi connectivity index (χ3n) is 5.71. The largest absolute Gasteiger partial charge is 0.239 e. The Kier molecular flexibility index (Phi) is 6.52. The van der Waals surface area contributed by atoms with Gasteiger partial charge in [-0.15, -0.1) is 0 Å². The lowest BCUT2D eigenvalue weighted by molar-refractivity contribution is 0.221. The molecular formula is C28H39F. The van der Waals surface area contributed by atoms with Crippen LogP contribution in [-0.4, -0.2) is 0 Å². The van der Waals surface area contributed by atoms with Crippen LogP contribution in [0.15, 0.2) is 36.4 Å². The van der Waals surface area contributed by atoms with Crippen LogP contribution in [0.4, 0.5) is 4.39 Å². The van der Waals surface area contributed by atoms with Crippen molar-refractivity contribution in [3.05, 3.63) is 69.8 Å². The fourth-order valence-corrected chi connectivity index (χ4v) is 4.05. The van der Waals surface area contributed by atoms with Crippen molar-refractivity contribution in [2.45, 2.75) is 92.2 Å². The molecule has 2 aromatic carbocycles. The molecule has 0 aliphatic carbocycles. The number of benzene rings is 2. The topological polar surface area (TPSA) is 0 Å². The summed E-state index contributed by atoms with van der Waals surface area (Å²) in [6, 6.07) is 12.6. The molecule has 158 valence electrons. The normalized spacial score (nSPS) is 13.7. The van der Waals surface area contributed by atoms with Crippen molar-refractivity contribution < 1.29 is 4.39 Å². The Labute approximate surface area is 178 Å². The SMILES string of the molecule is CC/C(=C\c1cc(C(C)(C)C)c(C)c(C(C)(C)C)c1)c1ccc(C(C)(C)F)cc1. The molecular weight excluding hydrogens is 355 g/mol. The van der Waals surface area contributed by atoms with Gasteiger partial charge in [0.1, 0.15) is 5.67 Å². The Bertz CT molecular complexity index is 841. The number of halogens is 1. The summed E-state index contributed by atoms with van der Waals surface area (Å²) in [6.07, 6.45) is 3.24. The quantitative estimate of drug-likeness (QED) is 0.455. The molecule has 0 aromatic heterocycles. The minimum Gasteiger partial charge on any atom is -0.239 e. The zero-order valence-electron chi connectivity index (χ0n) is 20.1. The molecule has 2 aromatic rings. The molecule has 0 aliphatic heterocycles. The molecule has 0 saturated heterocycles. The Balaban J connectivity index is 2.61. The first-order valence-electron chi connectivity index (χ1n) is 10.8. The molecule has 0 aliphatic rings. The van der Waals surface area contributed by atoms with E-state index in [4.69, 9.17) is 0 Å². The van der Waals surface area contributed by atoms with Gasteiger partial charge in [0.15, 0.2) is 0 Å². The van der Waals surface area contributed by atoms with Crippen LogP contribution < -0.4 is 0 Å². The van der Waals surface area contributed by atoms with Gasteiger partial charge >= 0.3 is 0 Å². The second-order valence-electron chi connectivity index (χ2n) is 10.8. The minimum absolute atomic E-state index is 0.0919. The van der Waals surface area contributed by atoms with Crippen molar-refractivity contribution in [2.75, 3.05) is 0 Å². The second-order valence-corrected chi connectivity index (χ2v) is 10.8. The highest BCUT2D eigenvalue weighted by Gasteiger charge is 2.24. The summed E-state index contributed by atoms with van der Waals surface area (Å²) in [5.41, 5.74) is 7.48. The summed E-state index contributed by atoms with van der Waals surface area (Å²) < 4.78 is 14.2. The van der Waals surface area contributed by atoms with Gasteiger partial charge in [0.2, 0.25) is 0 Å². The summed E-state index contributed by atoms with van der Waals surface area (Å²) >= 11 is 0. The number of alkyl halides is 1. The summed E-state index contributed by atoms with van der Waals surface area (Å²) in [5, 5.41) is 0. The van der Waals surface area contributed by atoms with Crippen molar-refractivity contribution in [1.82, 2.24) is 0 Å². The highest BCUT2D eigenvalue weighted by molar-refractivity contribution is 5.82. The third kappa shape index (κ3) is 5.59. The van der Waals surface area contributed by atoms with Gasteiger partial charge in [-0.2, -0.15) is 0 Å². The van der Waals surface area contributed by atoms with Crippen LogP contribution in [-0.2, 0) is 16.5 Å². The van der Waals surface area contributed by atoms with E-state index in [0.717, 1.165) is 17.5 Å². The van der Waals surface area contributed by atoms with E-state index < -0.39 is 5.67 Å². The maximum atomic E-state index is 14.2. The van der Waals surface area contributed by atoms with Gasteiger partial charge < -0.3 is 0 Å². The van der Waals surface area contributed by atoms with E-state index in [1.54, 1.807) is 13.8 Å². The zero-order valence-corrected chi connectivity index (χ0v) is 20.1. The molecule has 0 spiro atoms. The van der Waals surface area contributed by atoms with Crippen molar-refractivity contribution in [1.29, 1.82) is 0 Å². The molecule has 0 unspecified atom stereocenters. The standard InChI is InChI=1S/C28H39F/c1-11-21(22-12-14-23(15-13-22)28(9,10)29)16-20-17-24(26(3,4)5)19(2)25(18-20)27(6,7)8/h12-18H,11H2,1-10H3/b21-16+. The molecule has 0 atom stereocenters. The van der Waals surface area contributed by atoms with Gasteiger partial charge in [-0.3, -0.25) is 0 Å². The van der Waals surface area contributed by atoms with E-state index in [-0.39, 0.29) is 10.8 Å². The Morgan fingerprint density at radius 1 is 0.828 bits per heavy atom. The lowest BCUT2D eigenvalue weighted by atomic mass is 9.75. The van der Waals surface area contributed by atoms with E-state index in [1.807, 2.05) is 12.1 Å². The van der Waals surface area contributed by atoms with Gasteiger partial charge in [0.25, 0.3) is 0 Å². The van der Waals surface area contributed by atoms with Crippen LogP contribution in [0.1, 0.15) is 102 Å². The predicted octanol–water partition coefficient (Wildman–Crippen LogP) is 8.75. The lowest BCUT2D eigenvalue weighted by Gasteiger charge is -2.29. The Morgan fingerprint density at radius 2 is 1.28 bits per heavy atom. The molecule has 0 bridgehead atoms. The van der Waals surface area contributed by atoms with Crippen molar-refractivity contribution in [2.24, 2.45) is 0 Å². The first-order valence-corrected chi connectivity index (χ1v) is 10.8. The van der Waals surface area contributed by atoms with Gasteiger partial charge in [-0.05, 0) is 77.0 Å². The minimum atomic E-state index is -1.31. The van der Waals surface area contributed by atoms with Crippen molar-refractivity contribution in [3.63, 3.8) is 0 Å². The van der Waals surface area contributed by atoms with E-state index in [1.165, 1.54) is 27.8 Å². The summed E-state index contributed by atoms with van der Waals surface area (Å²) in [4.78, 5) is 0. The fourth-order valence-electron chi connectivity index (χ4n) is 4.05. The average Bonchev–Trinajstić information content (AvgIpc) is 2.58. The second kappa shape index (κ2) is 8.09. The monoisotopic (exact) mass is 394 g/mol. The molecule has 0 radical (unpaired) electrons. The van der Waals surface area contributed by atoms with E-state index in [2.05, 4.69) is 85.7 Å². The van der Waals surface area contributed by atoms with Crippen LogP contribution in [0.2, 0.25) is 0 Å².